The van der Waals surface area contributed by atoms with Gasteiger partial charge in [-0.1, -0.05) is 20.8 Å². The highest BCUT2D eigenvalue weighted by molar-refractivity contribution is 5.76. The summed E-state index contributed by atoms with van der Waals surface area (Å²) in [4.78, 5) is 24.4. The zero-order valence-corrected chi connectivity index (χ0v) is 12.5. The van der Waals surface area contributed by atoms with Crippen molar-refractivity contribution in [1.29, 1.82) is 0 Å². The smallest absolute Gasteiger partial charge is 0.231 e. The summed E-state index contributed by atoms with van der Waals surface area (Å²) in [5, 5.41) is 2.97. The molecule has 1 aliphatic rings. The molecule has 1 aliphatic heterocycles. The normalized spacial score (nSPS) is 25.1. The van der Waals surface area contributed by atoms with E-state index < -0.39 is 0 Å². The monoisotopic (exact) mass is 269 g/mol. The maximum Gasteiger partial charge on any atom is 0.231 e. The summed E-state index contributed by atoms with van der Waals surface area (Å²) in [5.41, 5.74) is 5.53. The Balaban J connectivity index is 2.65. The molecule has 19 heavy (non-hydrogen) atoms. The van der Waals surface area contributed by atoms with Gasteiger partial charge in [0.15, 0.2) is 0 Å². The summed E-state index contributed by atoms with van der Waals surface area (Å²) >= 11 is 0. The Morgan fingerprint density at radius 3 is 2.42 bits per heavy atom. The van der Waals surface area contributed by atoms with Gasteiger partial charge in [-0.15, -0.1) is 0 Å². The van der Waals surface area contributed by atoms with Crippen molar-refractivity contribution >= 4 is 11.8 Å². The fraction of sp³-hybridized carbons (Fsp3) is 0.857. The van der Waals surface area contributed by atoms with Crippen molar-refractivity contribution in [3.63, 3.8) is 0 Å². The van der Waals surface area contributed by atoms with E-state index in [-0.39, 0.29) is 29.8 Å². The van der Waals surface area contributed by atoms with Crippen LogP contribution >= 0.6 is 0 Å². The first kappa shape index (κ1) is 16.0. The van der Waals surface area contributed by atoms with E-state index in [0.717, 1.165) is 19.4 Å². The van der Waals surface area contributed by atoms with Crippen molar-refractivity contribution in [3.05, 3.63) is 0 Å². The molecular formula is C14H27N3O2. The molecule has 5 heteroatoms. The van der Waals surface area contributed by atoms with E-state index in [0.29, 0.717) is 12.5 Å². The number of hydrogen-bond donors (Lipinski definition) is 2. The topological polar surface area (TPSA) is 75.4 Å². The van der Waals surface area contributed by atoms with Gasteiger partial charge < -0.3 is 11.1 Å². The predicted octanol–water partition coefficient (Wildman–Crippen LogP) is 0.735. The summed E-state index contributed by atoms with van der Waals surface area (Å²) < 4.78 is 0. The van der Waals surface area contributed by atoms with Gasteiger partial charge in [-0.25, -0.2) is 0 Å². The van der Waals surface area contributed by atoms with Gasteiger partial charge in [0, 0.05) is 26.1 Å². The van der Waals surface area contributed by atoms with Crippen molar-refractivity contribution in [2.24, 2.45) is 17.1 Å². The van der Waals surface area contributed by atoms with Gasteiger partial charge in [0.1, 0.15) is 0 Å². The predicted molar refractivity (Wildman–Crippen MR) is 75.4 cm³/mol. The highest BCUT2D eigenvalue weighted by atomic mass is 16.2. The number of nitrogens with two attached hydrogens (primary N) is 1. The third kappa shape index (κ3) is 6.57. The van der Waals surface area contributed by atoms with Crippen LogP contribution < -0.4 is 11.1 Å². The second-order valence-electron chi connectivity index (χ2n) is 6.92. The minimum Gasteiger partial charge on any atom is -0.369 e. The van der Waals surface area contributed by atoms with Crippen molar-refractivity contribution in [2.75, 3.05) is 19.6 Å². The molecule has 1 saturated heterocycles. The lowest BCUT2D eigenvalue weighted by Crippen LogP contribution is -2.52. The minimum absolute atomic E-state index is 0.0135. The fourth-order valence-electron chi connectivity index (χ4n) is 3.06. The number of nitrogens with one attached hydrogen (secondary N) is 1. The molecule has 0 aliphatic carbocycles. The molecule has 0 saturated carbocycles. The fourth-order valence-corrected chi connectivity index (χ4v) is 3.06. The second-order valence-corrected chi connectivity index (χ2v) is 6.92. The van der Waals surface area contributed by atoms with Gasteiger partial charge in [-0.2, -0.15) is 0 Å². The molecule has 3 N–H and O–H groups in total. The Hall–Kier alpha value is -1.10. The van der Waals surface area contributed by atoms with Crippen LogP contribution in [-0.4, -0.2) is 42.4 Å². The molecule has 2 amide bonds. The first-order valence-electron chi connectivity index (χ1n) is 6.93. The molecule has 0 aromatic rings. The number of hydrogen-bond acceptors (Lipinski definition) is 3. The highest BCUT2D eigenvalue weighted by Gasteiger charge is 2.30. The second kappa shape index (κ2) is 6.37. The maximum atomic E-state index is 11.2. The standard InChI is InChI=1S/C14H27N3O2/c1-10(18)16-12-5-11(6-14(2,3)4)7-17(8-12)9-13(15)19/h11-12H,5-9H2,1-4H3,(H2,15,19)(H,16,18). The number of carbonyl (C=O) groups excluding carboxylic acids is 2. The number of piperidine rings is 1. The number of amides is 2. The van der Waals surface area contributed by atoms with Crippen molar-refractivity contribution in [3.8, 4) is 0 Å². The van der Waals surface area contributed by atoms with E-state index in [1.165, 1.54) is 6.92 Å². The molecule has 0 spiro atoms. The maximum absolute atomic E-state index is 11.2. The summed E-state index contributed by atoms with van der Waals surface area (Å²) in [6.45, 7) is 10.1. The summed E-state index contributed by atoms with van der Waals surface area (Å²) in [7, 11) is 0. The number of primary amides is 1. The van der Waals surface area contributed by atoms with Gasteiger partial charge in [0.2, 0.25) is 11.8 Å². The molecule has 0 aromatic carbocycles. The summed E-state index contributed by atoms with van der Waals surface area (Å²) in [5.74, 6) is 0.170. The van der Waals surface area contributed by atoms with Crippen LogP contribution in [0.3, 0.4) is 0 Å². The highest BCUT2D eigenvalue weighted by Crippen LogP contribution is 2.30. The van der Waals surface area contributed by atoms with E-state index in [1.807, 2.05) is 0 Å². The lowest BCUT2D eigenvalue weighted by molar-refractivity contribution is -0.120. The Labute approximate surface area is 115 Å². The minimum atomic E-state index is -0.307. The van der Waals surface area contributed by atoms with Crippen LogP contribution in [0.15, 0.2) is 0 Å². The molecule has 1 heterocycles. The Morgan fingerprint density at radius 1 is 1.32 bits per heavy atom. The Morgan fingerprint density at radius 2 is 1.95 bits per heavy atom. The van der Waals surface area contributed by atoms with Crippen molar-refractivity contribution < 1.29 is 9.59 Å². The van der Waals surface area contributed by atoms with Crippen LogP contribution in [0.5, 0.6) is 0 Å². The molecule has 2 atom stereocenters. The van der Waals surface area contributed by atoms with Gasteiger partial charge in [-0.3, -0.25) is 14.5 Å². The molecule has 2 unspecified atom stereocenters. The van der Waals surface area contributed by atoms with E-state index in [4.69, 9.17) is 5.73 Å². The zero-order chi connectivity index (χ0) is 14.6. The Kier molecular flexibility index (Phi) is 5.35. The van der Waals surface area contributed by atoms with Crippen LogP contribution in [0.25, 0.3) is 0 Å². The van der Waals surface area contributed by atoms with E-state index in [9.17, 15) is 9.59 Å². The molecule has 0 bridgehead atoms. The van der Waals surface area contributed by atoms with Gasteiger partial charge >= 0.3 is 0 Å². The molecule has 5 nitrogen and oxygen atoms in total. The molecule has 0 aromatic heterocycles. The SMILES string of the molecule is CC(=O)NC1CC(CC(C)(C)C)CN(CC(N)=O)C1. The lowest BCUT2D eigenvalue weighted by Gasteiger charge is -2.39. The molecule has 110 valence electrons. The van der Waals surface area contributed by atoms with Gasteiger partial charge in [0.05, 0.1) is 6.54 Å². The largest absolute Gasteiger partial charge is 0.369 e. The van der Waals surface area contributed by atoms with Crippen LogP contribution in [0.2, 0.25) is 0 Å². The third-order valence-corrected chi connectivity index (χ3v) is 3.30. The molecular weight excluding hydrogens is 242 g/mol. The summed E-state index contributed by atoms with van der Waals surface area (Å²) in [6, 6.07) is 0.123. The van der Waals surface area contributed by atoms with Crippen LogP contribution in [0, 0.1) is 11.3 Å². The van der Waals surface area contributed by atoms with Crippen molar-refractivity contribution in [1.82, 2.24) is 10.2 Å². The lowest BCUT2D eigenvalue weighted by atomic mass is 9.80. The van der Waals surface area contributed by atoms with Crippen LogP contribution in [0.4, 0.5) is 0 Å². The number of likely N-dealkylation sites (tertiary alicyclic amines) is 1. The first-order chi connectivity index (χ1) is 8.65. The molecule has 0 radical (unpaired) electrons. The average molecular weight is 269 g/mol. The number of rotatable bonds is 4. The van der Waals surface area contributed by atoms with Gasteiger partial charge in [-0.05, 0) is 24.2 Å². The van der Waals surface area contributed by atoms with Crippen LogP contribution in [0.1, 0.15) is 40.5 Å². The summed E-state index contributed by atoms with van der Waals surface area (Å²) in [6.07, 6.45) is 2.06. The quantitative estimate of drug-likeness (QED) is 0.790. The number of carbonyl (C=O) groups is 2. The average Bonchev–Trinajstić information content (AvgIpc) is 2.10. The molecule has 1 rings (SSSR count). The zero-order valence-electron chi connectivity index (χ0n) is 12.5. The van der Waals surface area contributed by atoms with Crippen LogP contribution in [-0.2, 0) is 9.59 Å². The molecule has 1 fully saturated rings. The van der Waals surface area contributed by atoms with E-state index in [2.05, 4.69) is 31.0 Å². The van der Waals surface area contributed by atoms with E-state index >= 15 is 0 Å². The Bertz CT molecular complexity index is 312. The van der Waals surface area contributed by atoms with Crippen molar-refractivity contribution in [2.45, 2.75) is 46.6 Å². The number of nitrogens with zero attached hydrogens (tertiary/aromatic N) is 1. The van der Waals surface area contributed by atoms with E-state index in [1.54, 1.807) is 0 Å². The third-order valence-electron chi connectivity index (χ3n) is 3.30. The first-order valence-corrected chi connectivity index (χ1v) is 6.93. The van der Waals surface area contributed by atoms with Gasteiger partial charge in [0.25, 0.3) is 0 Å².